The topological polar surface area (TPSA) is 97.4 Å². The number of hydrogen-bond donors (Lipinski definition) is 2. The number of rotatable bonds is 5. The summed E-state index contributed by atoms with van der Waals surface area (Å²) in [6.07, 6.45) is 0.245. The first-order chi connectivity index (χ1) is 10.8. The van der Waals surface area contributed by atoms with Gasteiger partial charge in [-0.05, 0) is 24.3 Å². The van der Waals surface area contributed by atoms with Gasteiger partial charge in [-0.25, -0.2) is 0 Å². The third kappa shape index (κ3) is 4.75. The smallest absolute Gasteiger partial charge is 0.288 e. The van der Waals surface area contributed by atoms with Gasteiger partial charge in [0.15, 0.2) is 5.76 Å². The molecule has 0 saturated heterocycles. The Morgan fingerprint density at radius 2 is 1.87 bits per heavy atom. The van der Waals surface area contributed by atoms with Crippen LogP contribution in [-0.4, -0.2) is 20.8 Å². The predicted octanol–water partition coefficient (Wildman–Crippen LogP) is 3.73. The largest absolute Gasteiger partial charge is 0.459 e. The first kappa shape index (κ1) is 17.4. The summed E-state index contributed by atoms with van der Waals surface area (Å²) >= 11 is 17.6. The standard InChI is InChI=1S/C13H10Cl3N3O4/c14-13(15,16)12(18-11(20)10-2-1-7-23-10)17-8-3-5-9(6-4-8)19(21)22/h1-7,12,17H,(H,18,20)/t12-/m0/s1. The molecule has 23 heavy (non-hydrogen) atoms. The highest BCUT2D eigenvalue weighted by atomic mass is 35.6. The Morgan fingerprint density at radius 3 is 2.35 bits per heavy atom. The number of nitro benzene ring substituents is 1. The lowest BCUT2D eigenvalue weighted by Gasteiger charge is -2.27. The summed E-state index contributed by atoms with van der Waals surface area (Å²) in [5.74, 6) is -0.532. The zero-order chi connectivity index (χ0) is 17.0. The van der Waals surface area contributed by atoms with Crippen LogP contribution in [0.15, 0.2) is 47.1 Å². The van der Waals surface area contributed by atoms with Crippen molar-refractivity contribution in [2.45, 2.75) is 9.96 Å². The molecule has 1 aromatic carbocycles. The second-order valence-electron chi connectivity index (χ2n) is 4.37. The molecule has 0 spiro atoms. The number of carbonyl (C=O) groups is 1. The summed E-state index contributed by atoms with van der Waals surface area (Å²) in [6, 6.07) is 8.43. The highest BCUT2D eigenvalue weighted by Crippen LogP contribution is 2.31. The number of nitro groups is 1. The average molecular weight is 379 g/mol. The van der Waals surface area contributed by atoms with Gasteiger partial charge in [0.2, 0.25) is 3.79 Å². The van der Waals surface area contributed by atoms with Crippen molar-refractivity contribution in [2.24, 2.45) is 0 Å². The molecule has 10 heteroatoms. The van der Waals surface area contributed by atoms with E-state index in [2.05, 4.69) is 10.6 Å². The van der Waals surface area contributed by atoms with Gasteiger partial charge in [0.25, 0.3) is 11.6 Å². The summed E-state index contributed by atoms with van der Waals surface area (Å²) in [7, 11) is 0. The highest BCUT2D eigenvalue weighted by molar-refractivity contribution is 6.68. The number of anilines is 1. The zero-order valence-electron chi connectivity index (χ0n) is 11.3. The average Bonchev–Trinajstić information content (AvgIpc) is 3.00. The molecule has 0 aliphatic heterocycles. The molecule has 1 heterocycles. The summed E-state index contributed by atoms with van der Waals surface area (Å²) in [4.78, 5) is 22.1. The molecule has 2 rings (SSSR count). The highest BCUT2D eigenvalue weighted by Gasteiger charge is 2.34. The Hall–Kier alpha value is -1.96. The van der Waals surface area contributed by atoms with E-state index in [4.69, 9.17) is 39.2 Å². The number of halogens is 3. The Balaban J connectivity index is 2.13. The van der Waals surface area contributed by atoms with Crippen LogP contribution in [-0.2, 0) is 0 Å². The maximum absolute atomic E-state index is 12.0. The molecule has 1 aromatic heterocycles. The van der Waals surface area contributed by atoms with E-state index in [1.54, 1.807) is 6.07 Å². The summed E-state index contributed by atoms with van der Waals surface area (Å²) < 4.78 is 3.09. The number of furan rings is 1. The molecule has 0 unspecified atom stereocenters. The van der Waals surface area contributed by atoms with E-state index < -0.39 is 20.8 Å². The van der Waals surface area contributed by atoms with Crippen molar-refractivity contribution in [3.8, 4) is 0 Å². The number of nitrogens with zero attached hydrogens (tertiary/aromatic N) is 1. The van der Waals surface area contributed by atoms with Crippen LogP contribution in [0.25, 0.3) is 0 Å². The molecule has 2 N–H and O–H groups in total. The van der Waals surface area contributed by atoms with Gasteiger partial charge in [-0.2, -0.15) is 0 Å². The van der Waals surface area contributed by atoms with Crippen LogP contribution in [0.2, 0.25) is 0 Å². The van der Waals surface area contributed by atoms with Crippen molar-refractivity contribution < 1.29 is 14.1 Å². The zero-order valence-corrected chi connectivity index (χ0v) is 13.6. The number of hydrogen-bond acceptors (Lipinski definition) is 5. The number of nitrogens with one attached hydrogen (secondary N) is 2. The minimum absolute atomic E-state index is 0.0507. The predicted molar refractivity (Wildman–Crippen MR) is 87.0 cm³/mol. The Bertz CT molecular complexity index is 683. The van der Waals surface area contributed by atoms with Gasteiger partial charge in [-0.15, -0.1) is 0 Å². The van der Waals surface area contributed by atoms with Gasteiger partial charge in [-0.1, -0.05) is 34.8 Å². The third-order valence-electron chi connectivity index (χ3n) is 2.74. The van der Waals surface area contributed by atoms with Crippen molar-refractivity contribution in [2.75, 3.05) is 5.32 Å². The van der Waals surface area contributed by atoms with Crippen LogP contribution >= 0.6 is 34.8 Å². The van der Waals surface area contributed by atoms with Crippen LogP contribution in [0.5, 0.6) is 0 Å². The van der Waals surface area contributed by atoms with Crippen LogP contribution in [0.1, 0.15) is 10.6 Å². The first-order valence-electron chi connectivity index (χ1n) is 6.19. The van der Waals surface area contributed by atoms with Crippen LogP contribution in [0.4, 0.5) is 11.4 Å². The Labute approximate surface area is 145 Å². The van der Waals surface area contributed by atoms with E-state index in [0.29, 0.717) is 5.69 Å². The molecular weight excluding hydrogens is 369 g/mol. The number of non-ortho nitro benzene ring substituents is 1. The number of benzene rings is 1. The minimum Gasteiger partial charge on any atom is -0.459 e. The third-order valence-corrected chi connectivity index (χ3v) is 3.39. The van der Waals surface area contributed by atoms with Gasteiger partial charge < -0.3 is 15.1 Å². The normalized spacial score (nSPS) is 12.5. The summed E-state index contributed by atoms with van der Waals surface area (Å²) in [5.41, 5.74) is 0.340. The molecule has 2 aromatic rings. The molecule has 1 atom stereocenters. The fourth-order valence-corrected chi connectivity index (χ4v) is 1.98. The van der Waals surface area contributed by atoms with Gasteiger partial charge in [0.05, 0.1) is 11.2 Å². The monoisotopic (exact) mass is 377 g/mol. The second-order valence-corrected chi connectivity index (χ2v) is 6.74. The van der Waals surface area contributed by atoms with Crippen LogP contribution < -0.4 is 10.6 Å². The van der Waals surface area contributed by atoms with E-state index in [-0.39, 0.29) is 11.4 Å². The Morgan fingerprint density at radius 1 is 1.22 bits per heavy atom. The quantitative estimate of drug-likeness (QED) is 0.357. The number of carbonyl (C=O) groups excluding carboxylic acids is 1. The molecule has 0 fully saturated rings. The molecule has 1 amide bonds. The van der Waals surface area contributed by atoms with E-state index in [0.717, 1.165) is 0 Å². The fraction of sp³-hybridized carbons (Fsp3) is 0.154. The lowest BCUT2D eigenvalue weighted by Crippen LogP contribution is -2.49. The molecule has 0 aliphatic rings. The van der Waals surface area contributed by atoms with Crippen molar-refractivity contribution in [3.05, 3.63) is 58.5 Å². The molecular formula is C13H10Cl3N3O4. The second kappa shape index (κ2) is 7.08. The number of amides is 1. The van der Waals surface area contributed by atoms with Gasteiger partial charge >= 0.3 is 0 Å². The Kier molecular flexibility index (Phi) is 5.35. The van der Waals surface area contributed by atoms with E-state index in [1.165, 1.54) is 36.6 Å². The SMILES string of the molecule is O=C(N[C@H](Nc1ccc([N+](=O)[O-])cc1)C(Cl)(Cl)Cl)c1ccco1. The molecule has 0 bridgehead atoms. The van der Waals surface area contributed by atoms with Crippen LogP contribution in [0, 0.1) is 10.1 Å². The molecule has 0 aliphatic carbocycles. The summed E-state index contributed by atoms with van der Waals surface area (Å²) in [6.45, 7) is 0. The lowest BCUT2D eigenvalue weighted by atomic mass is 10.2. The van der Waals surface area contributed by atoms with Crippen molar-refractivity contribution in [3.63, 3.8) is 0 Å². The lowest BCUT2D eigenvalue weighted by molar-refractivity contribution is -0.384. The summed E-state index contributed by atoms with van der Waals surface area (Å²) in [5, 5.41) is 15.9. The van der Waals surface area contributed by atoms with E-state index in [9.17, 15) is 14.9 Å². The first-order valence-corrected chi connectivity index (χ1v) is 7.33. The van der Waals surface area contributed by atoms with Crippen molar-refractivity contribution >= 4 is 52.1 Å². The maximum Gasteiger partial charge on any atom is 0.288 e. The van der Waals surface area contributed by atoms with Gasteiger partial charge in [0, 0.05) is 17.8 Å². The fourth-order valence-electron chi connectivity index (χ4n) is 1.66. The van der Waals surface area contributed by atoms with E-state index in [1.807, 2.05) is 0 Å². The van der Waals surface area contributed by atoms with E-state index >= 15 is 0 Å². The van der Waals surface area contributed by atoms with Gasteiger partial charge in [0.1, 0.15) is 6.17 Å². The van der Waals surface area contributed by atoms with Crippen LogP contribution in [0.3, 0.4) is 0 Å². The molecule has 122 valence electrons. The van der Waals surface area contributed by atoms with Crippen molar-refractivity contribution in [1.82, 2.24) is 5.32 Å². The molecule has 0 saturated carbocycles. The molecule has 0 radical (unpaired) electrons. The maximum atomic E-state index is 12.0. The van der Waals surface area contributed by atoms with Gasteiger partial charge in [-0.3, -0.25) is 14.9 Å². The molecule has 7 nitrogen and oxygen atoms in total. The minimum atomic E-state index is -1.87. The number of alkyl halides is 3. The van der Waals surface area contributed by atoms with Crippen molar-refractivity contribution in [1.29, 1.82) is 0 Å².